The molecule has 0 unspecified atom stereocenters. The van der Waals surface area contributed by atoms with Gasteiger partial charge >= 0.3 is 0 Å². The van der Waals surface area contributed by atoms with Crippen LogP contribution in [0.25, 0.3) is 0 Å². The summed E-state index contributed by atoms with van der Waals surface area (Å²) >= 11 is 0. The van der Waals surface area contributed by atoms with Crippen molar-refractivity contribution in [2.24, 2.45) is 5.92 Å². The lowest BCUT2D eigenvalue weighted by molar-refractivity contribution is 0.108. The van der Waals surface area contributed by atoms with Crippen LogP contribution in [0.1, 0.15) is 58.7 Å². The van der Waals surface area contributed by atoms with Gasteiger partial charge in [-0.15, -0.1) is 0 Å². The molecule has 0 amide bonds. The van der Waals surface area contributed by atoms with Crippen LogP contribution in [0.4, 0.5) is 0 Å². The average molecular weight is 281 g/mol. The molecule has 0 aromatic carbocycles. The van der Waals surface area contributed by atoms with Gasteiger partial charge in [-0.2, -0.15) is 5.10 Å². The molecular formula is C16H31N3O. The molecule has 20 heavy (non-hydrogen) atoms. The van der Waals surface area contributed by atoms with Crippen molar-refractivity contribution in [2.75, 3.05) is 19.8 Å². The molecule has 0 atom stereocenters. The van der Waals surface area contributed by atoms with Crippen LogP contribution in [0, 0.1) is 5.92 Å². The van der Waals surface area contributed by atoms with Crippen molar-refractivity contribution in [2.45, 2.75) is 59.5 Å². The summed E-state index contributed by atoms with van der Waals surface area (Å²) in [6.45, 7) is 12.3. The standard InChI is InChI=1S/C16H31N3O/c1-5-16(6-2)19-10-8-15(18-19)12-17-9-7-11-20-13-14(3)4/h8,10,14,16-17H,5-7,9,11-13H2,1-4H3. The van der Waals surface area contributed by atoms with Gasteiger partial charge in [0.2, 0.25) is 0 Å². The maximum atomic E-state index is 5.55. The van der Waals surface area contributed by atoms with Gasteiger partial charge in [0.15, 0.2) is 0 Å². The van der Waals surface area contributed by atoms with Gasteiger partial charge in [-0.05, 0) is 37.8 Å². The molecule has 1 N–H and O–H groups in total. The van der Waals surface area contributed by atoms with Gasteiger partial charge in [0.1, 0.15) is 0 Å². The van der Waals surface area contributed by atoms with Gasteiger partial charge < -0.3 is 10.1 Å². The largest absolute Gasteiger partial charge is 0.381 e. The van der Waals surface area contributed by atoms with E-state index in [4.69, 9.17) is 4.74 Å². The first-order valence-electron chi connectivity index (χ1n) is 7.99. The zero-order chi connectivity index (χ0) is 14.8. The second-order valence-electron chi connectivity index (χ2n) is 5.76. The Morgan fingerprint density at radius 1 is 1.30 bits per heavy atom. The van der Waals surface area contributed by atoms with Crippen molar-refractivity contribution in [3.63, 3.8) is 0 Å². The normalized spacial score (nSPS) is 11.7. The summed E-state index contributed by atoms with van der Waals surface area (Å²) in [6, 6.07) is 2.65. The third-order valence-corrected chi connectivity index (χ3v) is 3.38. The van der Waals surface area contributed by atoms with E-state index in [0.717, 1.165) is 51.3 Å². The maximum absolute atomic E-state index is 5.55. The fourth-order valence-corrected chi connectivity index (χ4v) is 2.17. The SMILES string of the molecule is CCC(CC)n1ccc(CNCCCOCC(C)C)n1. The first-order valence-corrected chi connectivity index (χ1v) is 7.99. The van der Waals surface area contributed by atoms with Gasteiger partial charge in [-0.3, -0.25) is 4.68 Å². The van der Waals surface area contributed by atoms with Crippen LogP contribution in [0.15, 0.2) is 12.3 Å². The molecule has 1 aromatic rings. The van der Waals surface area contributed by atoms with Crippen LogP contribution in [0.5, 0.6) is 0 Å². The zero-order valence-corrected chi connectivity index (χ0v) is 13.6. The Bertz CT molecular complexity index is 345. The van der Waals surface area contributed by atoms with Crippen molar-refractivity contribution in [3.05, 3.63) is 18.0 Å². The summed E-state index contributed by atoms with van der Waals surface area (Å²) in [5.41, 5.74) is 1.12. The molecule has 0 saturated heterocycles. The monoisotopic (exact) mass is 281 g/mol. The third kappa shape index (κ3) is 6.53. The highest BCUT2D eigenvalue weighted by molar-refractivity contribution is 4.99. The Balaban J connectivity index is 2.13. The highest BCUT2D eigenvalue weighted by Crippen LogP contribution is 2.14. The summed E-state index contributed by atoms with van der Waals surface area (Å²) in [7, 11) is 0. The molecule has 0 bridgehead atoms. The number of ether oxygens (including phenoxy) is 1. The second kappa shape index (κ2) is 9.94. The first-order chi connectivity index (χ1) is 9.67. The number of hydrogen-bond donors (Lipinski definition) is 1. The molecular weight excluding hydrogens is 250 g/mol. The second-order valence-corrected chi connectivity index (χ2v) is 5.76. The van der Waals surface area contributed by atoms with E-state index in [9.17, 15) is 0 Å². The molecule has 0 aliphatic carbocycles. The lowest BCUT2D eigenvalue weighted by Crippen LogP contribution is -2.17. The van der Waals surface area contributed by atoms with Crippen LogP contribution in [-0.2, 0) is 11.3 Å². The quantitative estimate of drug-likeness (QED) is 0.632. The molecule has 116 valence electrons. The van der Waals surface area contributed by atoms with Crippen molar-refractivity contribution in [1.82, 2.24) is 15.1 Å². The minimum Gasteiger partial charge on any atom is -0.381 e. The van der Waals surface area contributed by atoms with Crippen LogP contribution in [0.2, 0.25) is 0 Å². The summed E-state index contributed by atoms with van der Waals surface area (Å²) in [4.78, 5) is 0. The molecule has 0 spiro atoms. The molecule has 4 heteroatoms. The zero-order valence-electron chi connectivity index (χ0n) is 13.6. The third-order valence-electron chi connectivity index (χ3n) is 3.38. The van der Waals surface area contributed by atoms with Crippen LogP contribution < -0.4 is 5.32 Å². The number of rotatable bonds is 11. The number of nitrogens with one attached hydrogen (secondary N) is 1. The summed E-state index contributed by atoms with van der Waals surface area (Å²) in [6.07, 6.45) is 5.43. The van der Waals surface area contributed by atoms with E-state index in [1.165, 1.54) is 0 Å². The average Bonchev–Trinajstić information content (AvgIpc) is 2.87. The maximum Gasteiger partial charge on any atom is 0.0762 e. The van der Waals surface area contributed by atoms with Crippen molar-refractivity contribution in [3.8, 4) is 0 Å². The highest BCUT2D eigenvalue weighted by Gasteiger charge is 2.07. The predicted molar refractivity (Wildman–Crippen MR) is 83.8 cm³/mol. The lowest BCUT2D eigenvalue weighted by atomic mass is 10.2. The Labute approximate surface area is 123 Å². The van der Waals surface area contributed by atoms with Gasteiger partial charge in [-0.1, -0.05) is 27.7 Å². The minimum absolute atomic E-state index is 0.535. The number of aromatic nitrogens is 2. The molecule has 4 nitrogen and oxygen atoms in total. The van der Waals surface area contributed by atoms with Gasteiger partial charge in [0, 0.05) is 26.0 Å². The highest BCUT2D eigenvalue weighted by atomic mass is 16.5. The van der Waals surface area contributed by atoms with E-state index in [0.29, 0.717) is 12.0 Å². The van der Waals surface area contributed by atoms with Gasteiger partial charge in [0.05, 0.1) is 11.7 Å². The van der Waals surface area contributed by atoms with Crippen molar-refractivity contribution in [1.29, 1.82) is 0 Å². The smallest absolute Gasteiger partial charge is 0.0762 e. The van der Waals surface area contributed by atoms with Gasteiger partial charge in [0.25, 0.3) is 0 Å². The molecule has 1 rings (SSSR count). The predicted octanol–water partition coefficient (Wildman–Crippen LogP) is 3.40. The fourth-order valence-electron chi connectivity index (χ4n) is 2.17. The molecule has 0 saturated carbocycles. The molecule has 0 fully saturated rings. The lowest BCUT2D eigenvalue weighted by Gasteiger charge is -2.12. The molecule has 1 heterocycles. The van der Waals surface area contributed by atoms with Crippen molar-refractivity contribution >= 4 is 0 Å². The van der Waals surface area contributed by atoms with E-state index < -0.39 is 0 Å². The number of nitrogens with zero attached hydrogens (tertiary/aromatic N) is 2. The Hall–Kier alpha value is -0.870. The van der Waals surface area contributed by atoms with Crippen LogP contribution in [0.3, 0.4) is 0 Å². The van der Waals surface area contributed by atoms with E-state index in [-0.39, 0.29) is 0 Å². The van der Waals surface area contributed by atoms with Gasteiger partial charge in [-0.25, -0.2) is 0 Å². The van der Waals surface area contributed by atoms with E-state index in [1.807, 2.05) is 0 Å². The minimum atomic E-state index is 0.535. The molecule has 1 aromatic heterocycles. The molecule has 0 aliphatic heterocycles. The molecule has 0 radical (unpaired) electrons. The summed E-state index contributed by atoms with van der Waals surface area (Å²) in [5.74, 6) is 0.622. The van der Waals surface area contributed by atoms with E-state index in [2.05, 4.69) is 55.1 Å². The Morgan fingerprint density at radius 2 is 2.05 bits per heavy atom. The van der Waals surface area contributed by atoms with E-state index in [1.54, 1.807) is 0 Å². The Kier molecular flexibility index (Phi) is 8.54. The summed E-state index contributed by atoms with van der Waals surface area (Å²) < 4.78 is 7.65. The topological polar surface area (TPSA) is 39.1 Å². The van der Waals surface area contributed by atoms with Crippen LogP contribution >= 0.6 is 0 Å². The Morgan fingerprint density at radius 3 is 2.70 bits per heavy atom. The molecule has 0 aliphatic rings. The number of hydrogen-bond acceptors (Lipinski definition) is 3. The van der Waals surface area contributed by atoms with Crippen LogP contribution in [-0.4, -0.2) is 29.5 Å². The van der Waals surface area contributed by atoms with Crippen molar-refractivity contribution < 1.29 is 4.74 Å². The van der Waals surface area contributed by atoms with E-state index >= 15 is 0 Å². The summed E-state index contributed by atoms with van der Waals surface area (Å²) in [5, 5.41) is 8.05. The fraction of sp³-hybridized carbons (Fsp3) is 0.812. The first kappa shape index (κ1) is 17.2.